The Bertz CT molecular complexity index is 764. The normalized spacial score (nSPS) is 12.3. The van der Waals surface area contributed by atoms with E-state index in [9.17, 15) is 4.79 Å². The summed E-state index contributed by atoms with van der Waals surface area (Å²) in [5.74, 6) is 0.891. The summed E-state index contributed by atoms with van der Waals surface area (Å²) in [5.41, 5.74) is 0.863. The van der Waals surface area contributed by atoms with Crippen molar-refractivity contribution in [3.8, 4) is 11.4 Å². The van der Waals surface area contributed by atoms with Crippen molar-refractivity contribution >= 4 is 5.91 Å². The van der Waals surface area contributed by atoms with E-state index < -0.39 is 6.04 Å². The molecule has 118 valence electrons. The van der Waals surface area contributed by atoms with Crippen molar-refractivity contribution in [1.29, 1.82) is 0 Å². The molecule has 0 unspecified atom stereocenters. The van der Waals surface area contributed by atoms with Gasteiger partial charge < -0.3 is 14.3 Å². The first-order chi connectivity index (χ1) is 11.1. The molecule has 3 aromatic rings. The highest BCUT2D eigenvalue weighted by Crippen LogP contribution is 2.23. The van der Waals surface area contributed by atoms with Gasteiger partial charge in [-0.1, -0.05) is 49.3 Å². The lowest BCUT2D eigenvalue weighted by atomic mass is 10.0. The van der Waals surface area contributed by atoms with Crippen LogP contribution < -0.4 is 5.32 Å². The van der Waals surface area contributed by atoms with E-state index in [1.54, 1.807) is 12.1 Å². The third kappa shape index (κ3) is 3.31. The Morgan fingerprint density at radius 2 is 1.91 bits per heavy atom. The van der Waals surface area contributed by atoms with Crippen molar-refractivity contribution in [2.24, 2.45) is 5.92 Å². The molecular formula is C17H17N3O3. The molecule has 0 bridgehead atoms. The quantitative estimate of drug-likeness (QED) is 0.780. The average molecular weight is 311 g/mol. The van der Waals surface area contributed by atoms with Crippen LogP contribution in [0.25, 0.3) is 11.4 Å². The van der Waals surface area contributed by atoms with Crippen molar-refractivity contribution in [2.45, 2.75) is 19.9 Å². The molecule has 23 heavy (non-hydrogen) atoms. The van der Waals surface area contributed by atoms with Crippen molar-refractivity contribution in [1.82, 2.24) is 15.5 Å². The minimum Gasteiger partial charge on any atom is -0.459 e. The molecule has 1 amide bonds. The van der Waals surface area contributed by atoms with Gasteiger partial charge in [-0.3, -0.25) is 4.79 Å². The van der Waals surface area contributed by atoms with Gasteiger partial charge in [-0.05, 0) is 18.1 Å². The van der Waals surface area contributed by atoms with Gasteiger partial charge in [-0.25, -0.2) is 0 Å². The Kier molecular flexibility index (Phi) is 4.23. The zero-order valence-corrected chi connectivity index (χ0v) is 12.9. The van der Waals surface area contributed by atoms with Gasteiger partial charge in [0.25, 0.3) is 5.91 Å². The average Bonchev–Trinajstić information content (AvgIpc) is 3.24. The molecule has 1 aromatic carbocycles. The highest BCUT2D eigenvalue weighted by Gasteiger charge is 2.26. The second-order valence-electron chi connectivity index (χ2n) is 5.49. The van der Waals surface area contributed by atoms with E-state index in [-0.39, 0.29) is 17.6 Å². The highest BCUT2D eigenvalue weighted by molar-refractivity contribution is 5.91. The Balaban J connectivity index is 1.82. The number of carbonyl (C=O) groups excluding carboxylic acids is 1. The molecular weight excluding hydrogens is 294 g/mol. The number of rotatable bonds is 5. The van der Waals surface area contributed by atoms with E-state index in [4.69, 9.17) is 8.94 Å². The van der Waals surface area contributed by atoms with Gasteiger partial charge in [0.2, 0.25) is 11.7 Å². The van der Waals surface area contributed by atoms with E-state index in [2.05, 4.69) is 15.5 Å². The molecule has 0 fully saturated rings. The number of nitrogens with zero attached hydrogens (tertiary/aromatic N) is 2. The number of nitrogens with one attached hydrogen (secondary N) is 1. The van der Waals surface area contributed by atoms with E-state index >= 15 is 0 Å². The molecule has 1 atom stereocenters. The van der Waals surface area contributed by atoms with Crippen LogP contribution in [0, 0.1) is 5.92 Å². The third-order valence-electron chi connectivity index (χ3n) is 3.44. The van der Waals surface area contributed by atoms with Gasteiger partial charge >= 0.3 is 0 Å². The Morgan fingerprint density at radius 3 is 2.57 bits per heavy atom. The summed E-state index contributed by atoms with van der Waals surface area (Å²) >= 11 is 0. The second-order valence-corrected chi connectivity index (χ2v) is 5.49. The number of carbonyl (C=O) groups is 1. The summed E-state index contributed by atoms with van der Waals surface area (Å²) in [4.78, 5) is 16.6. The fraction of sp³-hybridized carbons (Fsp3) is 0.235. The topological polar surface area (TPSA) is 81.2 Å². The van der Waals surface area contributed by atoms with Crippen molar-refractivity contribution < 1.29 is 13.7 Å². The van der Waals surface area contributed by atoms with E-state index in [0.717, 1.165) is 5.56 Å². The van der Waals surface area contributed by atoms with Crippen LogP contribution in [0.15, 0.2) is 57.7 Å². The van der Waals surface area contributed by atoms with Crippen LogP contribution in [0.5, 0.6) is 0 Å². The summed E-state index contributed by atoms with van der Waals surface area (Å²) in [6, 6.07) is 12.4. The Hall–Kier alpha value is -2.89. The Labute approximate surface area is 133 Å². The van der Waals surface area contributed by atoms with Crippen LogP contribution >= 0.6 is 0 Å². The molecule has 6 nitrogen and oxygen atoms in total. The number of hydrogen-bond donors (Lipinski definition) is 1. The van der Waals surface area contributed by atoms with Crippen LogP contribution in [0.1, 0.15) is 36.3 Å². The standard InChI is InChI=1S/C17H17N3O3/c1-11(2)14(18-16(21)13-9-6-10-22-13)17-19-15(20-23-17)12-7-4-3-5-8-12/h3-11,14H,1-2H3,(H,18,21)/t14-/m0/s1. The predicted octanol–water partition coefficient (Wildman–Crippen LogP) is 3.46. The first kappa shape index (κ1) is 15.0. The van der Waals surface area contributed by atoms with Crippen LogP contribution in [0.2, 0.25) is 0 Å². The van der Waals surface area contributed by atoms with E-state index in [1.165, 1.54) is 6.26 Å². The fourth-order valence-corrected chi connectivity index (χ4v) is 2.20. The molecule has 0 aliphatic carbocycles. The van der Waals surface area contributed by atoms with Gasteiger partial charge in [0.1, 0.15) is 6.04 Å². The molecule has 2 heterocycles. The lowest BCUT2D eigenvalue weighted by molar-refractivity contribution is 0.0885. The maximum Gasteiger partial charge on any atom is 0.287 e. The lowest BCUT2D eigenvalue weighted by Crippen LogP contribution is -2.31. The van der Waals surface area contributed by atoms with Crippen LogP contribution in [0.4, 0.5) is 0 Å². The van der Waals surface area contributed by atoms with Crippen LogP contribution in [-0.2, 0) is 0 Å². The zero-order chi connectivity index (χ0) is 16.2. The second kappa shape index (κ2) is 6.48. The zero-order valence-electron chi connectivity index (χ0n) is 12.9. The fourth-order valence-electron chi connectivity index (χ4n) is 2.20. The minimum absolute atomic E-state index is 0.0815. The minimum atomic E-state index is -0.391. The van der Waals surface area contributed by atoms with E-state index in [0.29, 0.717) is 11.7 Å². The van der Waals surface area contributed by atoms with Gasteiger partial charge in [-0.2, -0.15) is 4.98 Å². The number of benzene rings is 1. The third-order valence-corrected chi connectivity index (χ3v) is 3.44. The van der Waals surface area contributed by atoms with Crippen molar-refractivity contribution in [3.05, 3.63) is 60.4 Å². The molecule has 2 aromatic heterocycles. The monoisotopic (exact) mass is 311 g/mol. The molecule has 0 aliphatic heterocycles. The maximum absolute atomic E-state index is 12.2. The van der Waals surface area contributed by atoms with Gasteiger partial charge in [-0.15, -0.1) is 0 Å². The number of amides is 1. The molecule has 0 saturated heterocycles. The SMILES string of the molecule is CC(C)[C@H](NC(=O)c1ccco1)c1nc(-c2ccccc2)no1. The molecule has 0 spiro atoms. The summed E-state index contributed by atoms with van der Waals surface area (Å²) in [7, 11) is 0. The highest BCUT2D eigenvalue weighted by atomic mass is 16.5. The predicted molar refractivity (Wildman–Crippen MR) is 83.5 cm³/mol. The first-order valence-corrected chi connectivity index (χ1v) is 7.38. The summed E-state index contributed by atoms with van der Waals surface area (Å²) in [6.07, 6.45) is 1.46. The molecule has 6 heteroatoms. The summed E-state index contributed by atoms with van der Waals surface area (Å²) in [6.45, 7) is 3.94. The molecule has 0 saturated carbocycles. The van der Waals surface area contributed by atoms with Crippen molar-refractivity contribution in [3.63, 3.8) is 0 Å². The van der Waals surface area contributed by atoms with E-state index in [1.807, 2.05) is 44.2 Å². The molecule has 0 aliphatic rings. The van der Waals surface area contributed by atoms with Gasteiger partial charge in [0, 0.05) is 5.56 Å². The smallest absolute Gasteiger partial charge is 0.287 e. The van der Waals surface area contributed by atoms with Crippen LogP contribution in [-0.4, -0.2) is 16.0 Å². The molecule has 1 N–H and O–H groups in total. The Morgan fingerprint density at radius 1 is 1.13 bits per heavy atom. The lowest BCUT2D eigenvalue weighted by Gasteiger charge is -2.17. The number of furan rings is 1. The molecule has 3 rings (SSSR count). The van der Waals surface area contributed by atoms with Crippen LogP contribution in [0.3, 0.4) is 0 Å². The largest absolute Gasteiger partial charge is 0.459 e. The van der Waals surface area contributed by atoms with Crippen molar-refractivity contribution in [2.75, 3.05) is 0 Å². The maximum atomic E-state index is 12.2. The molecule has 0 radical (unpaired) electrons. The summed E-state index contributed by atoms with van der Waals surface area (Å²) in [5, 5.41) is 6.87. The number of hydrogen-bond acceptors (Lipinski definition) is 5. The van der Waals surface area contributed by atoms with Gasteiger partial charge in [0.05, 0.1) is 6.26 Å². The first-order valence-electron chi connectivity index (χ1n) is 7.38. The number of aromatic nitrogens is 2. The van der Waals surface area contributed by atoms with Gasteiger partial charge in [0.15, 0.2) is 5.76 Å². The summed E-state index contributed by atoms with van der Waals surface area (Å²) < 4.78 is 10.5.